The van der Waals surface area contributed by atoms with E-state index in [1.165, 1.54) is 30.6 Å². The van der Waals surface area contributed by atoms with Crippen molar-refractivity contribution in [1.82, 2.24) is 20.2 Å². The summed E-state index contributed by atoms with van der Waals surface area (Å²) in [5.41, 5.74) is 0.695. The Morgan fingerprint density at radius 2 is 2.14 bits per heavy atom. The minimum atomic E-state index is -0.598. The number of hydrogen-bond donors (Lipinski definition) is 1. The lowest BCUT2D eigenvalue weighted by Crippen LogP contribution is -2.49. The average molecular weight is 381 g/mol. The third-order valence-electron chi connectivity index (χ3n) is 4.99. The molecule has 2 aliphatic heterocycles. The molecule has 0 aliphatic carbocycles. The SMILES string of the molecule is COc1cccc(N2C(=O)C3CC(NC(=O)c4cnccn4)CCN3C2=O)c1. The van der Waals surface area contributed by atoms with Gasteiger partial charge in [-0.2, -0.15) is 0 Å². The van der Waals surface area contributed by atoms with E-state index >= 15 is 0 Å². The molecule has 9 nitrogen and oxygen atoms in total. The standard InChI is InChI=1S/C19H19N5O4/c1-28-14-4-2-3-13(10-14)24-18(26)16-9-12(5-8-23(16)19(24)27)22-17(25)15-11-20-6-7-21-15/h2-4,6-7,10-12,16H,5,8-9H2,1H3,(H,22,25). The number of nitrogens with zero attached hydrogens (tertiary/aromatic N) is 4. The smallest absolute Gasteiger partial charge is 0.332 e. The van der Waals surface area contributed by atoms with Crippen molar-refractivity contribution in [3.63, 3.8) is 0 Å². The minimum absolute atomic E-state index is 0.219. The van der Waals surface area contributed by atoms with E-state index in [1.54, 1.807) is 29.2 Å². The Bertz CT molecular complexity index is 920. The van der Waals surface area contributed by atoms with Crippen LogP contribution in [0.1, 0.15) is 23.3 Å². The highest BCUT2D eigenvalue weighted by molar-refractivity contribution is 6.21. The van der Waals surface area contributed by atoms with Gasteiger partial charge in [0.2, 0.25) is 0 Å². The molecule has 4 amide bonds. The molecule has 28 heavy (non-hydrogen) atoms. The molecule has 1 N–H and O–H groups in total. The van der Waals surface area contributed by atoms with Gasteiger partial charge in [0.1, 0.15) is 17.5 Å². The van der Waals surface area contributed by atoms with Gasteiger partial charge in [-0.15, -0.1) is 0 Å². The molecule has 144 valence electrons. The molecule has 9 heteroatoms. The number of hydrogen-bond acceptors (Lipinski definition) is 6. The zero-order valence-electron chi connectivity index (χ0n) is 15.2. The van der Waals surface area contributed by atoms with E-state index in [0.717, 1.165) is 0 Å². The number of benzene rings is 1. The van der Waals surface area contributed by atoms with Gasteiger partial charge in [0.05, 0.1) is 19.0 Å². The van der Waals surface area contributed by atoms with E-state index in [9.17, 15) is 14.4 Å². The predicted octanol–water partition coefficient (Wildman–Crippen LogP) is 1.21. The summed E-state index contributed by atoms with van der Waals surface area (Å²) in [6.45, 7) is 0.390. The molecule has 2 fully saturated rings. The van der Waals surface area contributed by atoms with Crippen molar-refractivity contribution < 1.29 is 19.1 Å². The van der Waals surface area contributed by atoms with Crippen molar-refractivity contribution in [2.24, 2.45) is 0 Å². The number of anilines is 1. The van der Waals surface area contributed by atoms with Crippen LogP contribution in [0.2, 0.25) is 0 Å². The van der Waals surface area contributed by atoms with Crippen LogP contribution in [0, 0.1) is 0 Å². The number of methoxy groups -OCH3 is 1. The summed E-state index contributed by atoms with van der Waals surface area (Å²) in [5, 5.41) is 2.89. The van der Waals surface area contributed by atoms with Gasteiger partial charge in [0, 0.05) is 31.0 Å². The van der Waals surface area contributed by atoms with Crippen molar-refractivity contribution in [3.8, 4) is 5.75 Å². The van der Waals surface area contributed by atoms with Crippen LogP contribution in [0.15, 0.2) is 42.9 Å². The highest BCUT2D eigenvalue weighted by atomic mass is 16.5. The van der Waals surface area contributed by atoms with Crippen LogP contribution in [-0.2, 0) is 4.79 Å². The molecular weight excluding hydrogens is 362 g/mol. The van der Waals surface area contributed by atoms with E-state index in [1.807, 2.05) is 0 Å². The minimum Gasteiger partial charge on any atom is -0.497 e. The number of aromatic nitrogens is 2. The second kappa shape index (κ2) is 7.26. The molecule has 0 saturated carbocycles. The van der Waals surface area contributed by atoms with Crippen LogP contribution in [0.25, 0.3) is 0 Å². The number of fused-ring (bicyclic) bond motifs is 1. The van der Waals surface area contributed by atoms with Crippen LogP contribution < -0.4 is 15.0 Å². The van der Waals surface area contributed by atoms with E-state index in [0.29, 0.717) is 30.8 Å². The second-order valence-corrected chi connectivity index (χ2v) is 6.65. The van der Waals surface area contributed by atoms with Gasteiger partial charge in [-0.25, -0.2) is 14.7 Å². The van der Waals surface area contributed by atoms with Gasteiger partial charge in [0.25, 0.3) is 11.8 Å². The lowest BCUT2D eigenvalue weighted by Gasteiger charge is -2.32. The largest absolute Gasteiger partial charge is 0.497 e. The molecule has 2 saturated heterocycles. The third-order valence-corrected chi connectivity index (χ3v) is 4.99. The quantitative estimate of drug-likeness (QED) is 0.799. The molecule has 0 radical (unpaired) electrons. The molecule has 2 aliphatic rings. The Labute approximate surface area is 161 Å². The maximum Gasteiger partial charge on any atom is 0.332 e. The molecule has 3 heterocycles. The van der Waals surface area contributed by atoms with Crippen molar-refractivity contribution in [1.29, 1.82) is 0 Å². The average Bonchev–Trinajstić information content (AvgIpc) is 2.98. The number of carbonyl (C=O) groups is 3. The summed E-state index contributed by atoms with van der Waals surface area (Å²) in [4.78, 5) is 48.6. The third kappa shape index (κ3) is 3.15. The highest BCUT2D eigenvalue weighted by Gasteiger charge is 2.48. The summed E-state index contributed by atoms with van der Waals surface area (Å²) in [6.07, 6.45) is 5.25. The topological polar surface area (TPSA) is 105 Å². The predicted molar refractivity (Wildman–Crippen MR) is 98.9 cm³/mol. The fourth-order valence-electron chi connectivity index (χ4n) is 3.59. The summed E-state index contributed by atoms with van der Waals surface area (Å²) in [5.74, 6) is -0.0678. The molecule has 0 spiro atoms. The molecule has 2 unspecified atom stereocenters. The molecule has 2 aromatic rings. The number of imide groups is 1. The first-order chi connectivity index (χ1) is 13.6. The number of amides is 4. The van der Waals surface area contributed by atoms with Crippen molar-refractivity contribution in [2.75, 3.05) is 18.6 Å². The number of carbonyl (C=O) groups excluding carboxylic acids is 3. The molecular formula is C19H19N5O4. The van der Waals surface area contributed by atoms with Crippen molar-refractivity contribution in [3.05, 3.63) is 48.5 Å². The van der Waals surface area contributed by atoms with E-state index in [2.05, 4.69) is 15.3 Å². The lowest BCUT2D eigenvalue weighted by molar-refractivity contribution is -0.120. The Balaban J connectivity index is 1.49. The van der Waals surface area contributed by atoms with Crippen LogP contribution in [0.3, 0.4) is 0 Å². The molecule has 1 aromatic carbocycles. The highest BCUT2D eigenvalue weighted by Crippen LogP contribution is 2.32. The van der Waals surface area contributed by atoms with Crippen LogP contribution in [0.5, 0.6) is 5.75 Å². The number of urea groups is 1. The van der Waals surface area contributed by atoms with Crippen molar-refractivity contribution >= 4 is 23.5 Å². The lowest BCUT2D eigenvalue weighted by atomic mass is 9.98. The van der Waals surface area contributed by atoms with Gasteiger partial charge in [-0.3, -0.25) is 14.6 Å². The van der Waals surface area contributed by atoms with Gasteiger partial charge >= 0.3 is 6.03 Å². The molecule has 2 atom stereocenters. The maximum absolute atomic E-state index is 12.9. The zero-order chi connectivity index (χ0) is 19.7. The van der Waals surface area contributed by atoms with Crippen LogP contribution in [-0.4, -0.2) is 58.5 Å². The normalized spacial score (nSPS) is 21.5. The van der Waals surface area contributed by atoms with Gasteiger partial charge in [-0.1, -0.05) is 6.07 Å². The van der Waals surface area contributed by atoms with E-state index in [-0.39, 0.29) is 29.6 Å². The summed E-state index contributed by atoms with van der Waals surface area (Å²) >= 11 is 0. The first-order valence-electron chi connectivity index (χ1n) is 8.94. The first kappa shape index (κ1) is 17.9. The number of piperidine rings is 1. The van der Waals surface area contributed by atoms with Gasteiger partial charge in [-0.05, 0) is 25.0 Å². The van der Waals surface area contributed by atoms with E-state index < -0.39 is 6.04 Å². The second-order valence-electron chi connectivity index (χ2n) is 6.65. The zero-order valence-corrected chi connectivity index (χ0v) is 15.2. The maximum atomic E-state index is 12.9. The van der Waals surface area contributed by atoms with Gasteiger partial charge in [0.15, 0.2) is 0 Å². The molecule has 0 bridgehead atoms. The monoisotopic (exact) mass is 381 g/mol. The van der Waals surface area contributed by atoms with E-state index in [4.69, 9.17) is 4.74 Å². The Morgan fingerprint density at radius 1 is 1.29 bits per heavy atom. The van der Waals surface area contributed by atoms with Crippen molar-refractivity contribution in [2.45, 2.75) is 24.9 Å². The van der Waals surface area contributed by atoms with Crippen LogP contribution in [0.4, 0.5) is 10.5 Å². The summed E-state index contributed by atoms with van der Waals surface area (Å²) in [7, 11) is 1.53. The Morgan fingerprint density at radius 3 is 2.89 bits per heavy atom. The van der Waals surface area contributed by atoms with Crippen LogP contribution >= 0.6 is 0 Å². The Kier molecular flexibility index (Phi) is 4.64. The van der Waals surface area contributed by atoms with Gasteiger partial charge < -0.3 is 15.0 Å². The number of rotatable bonds is 4. The molecule has 1 aromatic heterocycles. The fourth-order valence-corrected chi connectivity index (χ4v) is 3.59. The summed E-state index contributed by atoms with van der Waals surface area (Å²) in [6, 6.07) is 5.67. The number of ether oxygens (including phenoxy) is 1. The summed E-state index contributed by atoms with van der Waals surface area (Å²) < 4.78 is 5.19. The fraction of sp³-hybridized carbons (Fsp3) is 0.316. The first-order valence-corrected chi connectivity index (χ1v) is 8.94. The number of nitrogens with one attached hydrogen (secondary N) is 1. The molecule has 4 rings (SSSR count). The Hall–Kier alpha value is -3.49.